The van der Waals surface area contributed by atoms with Crippen LogP contribution in [0.5, 0.6) is 0 Å². The van der Waals surface area contributed by atoms with Gasteiger partial charge in [0, 0.05) is 26.1 Å². The highest BCUT2D eigenvalue weighted by Crippen LogP contribution is 2.02. The summed E-state index contributed by atoms with van der Waals surface area (Å²) >= 11 is 0. The van der Waals surface area contributed by atoms with Crippen LogP contribution in [0, 0.1) is 5.82 Å². The highest BCUT2D eigenvalue weighted by Gasteiger charge is 1.99. The lowest BCUT2D eigenvalue weighted by Gasteiger charge is -2.05. The zero-order valence-corrected chi connectivity index (χ0v) is 9.42. The molecule has 0 spiro atoms. The Bertz CT molecular complexity index is 342. The van der Waals surface area contributed by atoms with Crippen molar-refractivity contribution in [2.24, 2.45) is 0 Å². The first kappa shape index (κ1) is 12.6. The molecule has 2 N–H and O–H groups in total. The van der Waals surface area contributed by atoms with E-state index in [1.165, 1.54) is 12.1 Å². The van der Waals surface area contributed by atoms with Crippen molar-refractivity contribution in [3.63, 3.8) is 0 Å². The molecule has 88 valence electrons. The molecule has 0 bridgehead atoms. The number of carbonyl (C=O) groups is 1. The molecule has 0 unspecified atom stereocenters. The summed E-state index contributed by atoms with van der Waals surface area (Å²) in [5.41, 5.74) is 0.885. The van der Waals surface area contributed by atoms with E-state index in [4.69, 9.17) is 0 Å². The molecule has 0 fully saturated rings. The predicted molar refractivity (Wildman–Crippen MR) is 61.4 cm³/mol. The van der Waals surface area contributed by atoms with Crippen molar-refractivity contribution < 1.29 is 9.18 Å². The van der Waals surface area contributed by atoms with Crippen LogP contribution in [0.1, 0.15) is 18.9 Å². The van der Waals surface area contributed by atoms with Crippen LogP contribution in [0.3, 0.4) is 0 Å². The van der Waals surface area contributed by atoms with Gasteiger partial charge in [0.2, 0.25) is 5.91 Å². The van der Waals surface area contributed by atoms with Crippen LogP contribution in [0.15, 0.2) is 24.3 Å². The van der Waals surface area contributed by atoms with E-state index < -0.39 is 0 Å². The topological polar surface area (TPSA) is 41.1 Å². The number of amides is 1. The van der Waals surface area contributed by atoms with Crippen molar-refractivity contribution >= 4 is 5.91 Å². The number of rotatable bonds is 6. The smallest absolute Gasteiger partial charge is 0.221 e. The Morgan fingerprint density at radius 2 is 2.25 bits per heavy atom. The first-order valence-electron chi connectivity index (χ1n) is 5.44. The molecule has 0 aliphatic carbocycles. The molecule has 0 aliphatic rings. The molecule has 4 heteroatoms. The van der Waals surface area contributed by atoms with Gasteiger partial charge in [-0.1, -0.05) is 12.1 Å². The lowest BCUT2D eigenvalue weighted by atomic mass is 10.2. The number of benzene rings is 1. The molecule has 1 amide bonds. The molecule has 1 aromatic carbocycles. The van der Waals surface area contributed by atoms with E-state index in [2.05, 4.69) is 10.6 Å². The second-order valence-electron chi connectivity index (χ2n) is 3.51. The maximum Gasteiger partial charge on any atom is 0.221 e. The summed E-state index contributed by atoms with van der Waals surface area (Å²) in [7, 11) is 0. The average molecular weight is 224 g/mol. The fraction of sp³-hybridized carbons (Fsp3) is 0.417. The van der Waals surface area contributed by atoms with Gasteiger partial charge in [-0.15, -0.1) is 0 Å². The number of nitrogens with one attached hydrogen (secondary N) is 2. The molecule has 1 rings (SSSR count). The lowest BCUT2D eigenvalue weighted by molar-refractivity contribution is -0.120. The van der Waals surface area contributed by atoms with Crippen LogP contribution >= 0.6 is 0 Å². The normalized spacial score (nSPS) is 10.1. The van der Waals surface area contributed by atoms with Crippen molar-refractivity contribution in [2.45, 2.75) is 19.9 Å². The van der Waals surface area contributed by atoms with E-state index in [-0.39, 0.29) is 11.7 Å². The third-order valence-electron chi connectivity index (χ3n) is 2.12. The Morgan fingerprint density at radius 1 is 1.44 bits per heavy atom. The van der Waals surface area contributed by atoms with E-state index >= 15 is 0 Å². The predicted octanol–water partition coefficient (Wildman–Crippen LogP) is 1.44. The van der Waals surface area contributed by atoms with Crippen molar-refractivity contribution in [2.75, 3.05) is 13.1 Å². The van der Waals surface area contributed by atoms with Crippen LogP contribution < -0.4 is 10.6 Å². The highest BCUT2D eigenvalue weighted by molar-refractivity contribution is 5.75. The van der Waals surface area contributed by atoms with Crippen LogP contribution in [0.4, 0.5) is 4.39 Å². The molecule has 1 aromatic rings. The van der Waals surface area contributed by atoms with Crippen LogP contribution in [0.2, 0.25) is 0 Å². The first-order chi connectivity index (χ1) is 7.72. The zero-order chi connectivity index (χ0) is 11.8. The van der Waals surface area contributed by atoms with Crippen LogP contribution in [-0.2, 0) is 11.3 Å². The molecule has 0 saturated heterocycles. The summed E-state index contributed by atoms with van der Waals surface area (Å²) in [6.07, 6.45) is 0.448. The Morgan fingerprint density at radius 3 is 2.94 bits per heavy atom. The Labute approximate surface area is 95.0 Å². The SMILES string of the molecule is CCNC(=O)CCNCc1cccc(F)c1. The highest BCUT2D eigenvalue weighted by atomic mass is 19.1. The summed E-state index contributed by atoms with van der Waals surface area (Å²) in [6.45, 7) is 3.72. The minimum absolute atomic E-state index is 0.0363. The summed E-state index contributed by atoms with van der Waals surface area (Å²) in [6, 6.07) is 6.43. The zero-order valence-electron chi connectivity index (χ0n) is 9.42. The average Bonchev–Trinajstić information content (AvgIpc) is 2.25. The van der Waals surface area contributed by atoms with Gasteiger partial charge in [-0.2, -0.15) is 0 Å². The molecular formula is C12H17FN2O. The van der Waals surface area contributed by atoms with Gasteiger partial charge in [0.25, 0.3) is 0 Å². The van der Waals surface area contributed by atoms with Gasteiger partial charge in [-0.3, -0.25) is 4.79 Å². The number of hydrogen-bond donors (Lipinski definition) is 2. The fourth-order valence-electron chi connectivity index (χ4n) is 1.37. The summed E-state index contributed by atoms with van der Waals surface area (Å²) in [5.74, 6) is -0.197. The van der Waals surface area contributed by atoms with Gasteiger partial charge >= 0.3 is 0 Å². The lowest BCUT2D eigenvalue weighted by Crippen LogP contribution is -2.27. The third kappa shape index (κ3) is 4.89. The van der Waals surface area contributed by atoms with Gasteiger partial charge in [0.05, 0.1) is 0 Å². The van der Waals surface area contributed by atoms with Crippen molar-refractivity contribution in [1.29, 1.82) is 0 Å². The van der Waals surface area contributed by atoms with E-state index in [1.807, 2.05) is 13.0 Å². The largest absolute Gasteiger partial charge is 0.356 e. The Balaban J connectivity index is 2.18. The maximum atomic E-state index is 12.8. The molecule has 3 nitrogen and oxygen atoms in total. The second kappa shape index (κ2) is 6.95. The summed E-state index contributed by atoms with van der Waals surface area (Å²) in [5, 5.41) is 5.81. The van der Waals surface area contributed by atoms with Gasteiger partial charge in [-0.05, 0) is 24.6 Å². The fourth-order valence-corrected chi connectivity index (χ4v) is 1.37. The van der Waals surface area contributed by atoms with Crippen molar-refractivity contribution in [3.8, 4) is 0 Å². The van der Waals surface area contributed by atoms with Gasteiger partial charge in [0.1, 0.15) is 5.82 Å². The van der Waals surface area contributed by atoms with E-state index in [1.54, 1.807) is 6.07 Å². The van der Waals surface area contributed by atoms with Gasteiger partial charge in [-0.25, -0.2) is 4.39 Å². The summed E-state index contributed by atoms with van der Waals surface area (Å²) < 4.78 is 12.8. The van der Waals surface area contributed by atoms with Crippen LogP contribution in [0.25, 0.3) is 0 Å². The van der Waals surface area contributed by atoms with Gasteiger partial charge in [0.15, 0.2) is 0 Å². The molecule has 0 aliphatic heterocycles. The Hall–Kier alpha value is -1.42. The minimum atomic E-state index is -0.233. The van der Waals surface area contributed by atoms with E-state index in [9.17, 15) is 9.18 Å². The quantitative estimate of drug-likeness (QED) is 0.718. The maximum absolute atomic E-state index is 12.8. The molecule has 0 aromatic heterocycles. The number of halogens is 1. The summed E-state index contributed by atoms with van der Waals surface area (Å²) in [4.78, 5) is 11.1. The molecule has 0 atom stereocenters. The van der Waals surface area contributed by atoms with Gasteiger partial charge < -0.3 is 10.6 Å². The minimum Gasteiger partial charge on any atom is -0.356 e. The second-order valence-corrected chi connectivity index (χ2v) is 3.51. The monoisotopic (exact) mass is 224 g/mol. The van der Waals surface area contributed by atoms with Crippen molar-refractivity contribution in [3.05, 3.63) is 35.6 Å². The number of carbonyl (C=O) groups excluding carboxylic acids is 1. The molecule has 0 saturated carbocycles. The van der Waals surface area contributed by atoms with E-state index in [0.717, 1.165) is 5.56 Å². The number of hydrogen-bond acceptors (Lipinski definition) is 2. The molecule has 0 heterocycles. The van der Waals surface area contributed by atoms with Crippen LogP contribution in [-0.4, -0.2) is 19.0 Å². The third-order valence-corrected chi connectivity index (χ3v) is 2.12. The molecule has 16 heavy (non-hydrogen) atoms. The first-order valence-corrected chi connectivity index (χ1v) is 5.44. The van der Waals surface area contributed by atoms with Crippen molar-refractivity contribution in [1.82, 2.24) is 10.6 Å². The van der Waals surface area contributed by atoms with E-state index in [0.29, 0.717) is 26.1 Å². The molecular weight excluding hydrogens is 207 g/mol. The standard InChI is InChI=1S/C12H17FN2O/c1-2-15-12(16)6-7-14-9-10-4-3-5-11(13)8-10/h3-5,8,14H,2,6-7,9H2,1H3,(H,15,16). The molecule has 0 radical (unpaired) electrons. The Kier molecular flexibility index (Phi) is 5.50.